The molecule has 0 amide bonds. The lowest BCUT2D eigenvalue weighted by atomic mass is 10.4. The first-order chi connectivity index (χ1) is 7.29. The van der Waals surface area contributed by atoms with Gasteiger partial charge in [-0.25, -0.2) is 4.68 Å². The van der Waals surface area contributed by atoms with Crippen LogP contribution < -0.4 is 0 Å². The van der Waals surface area contributed by atoms with Crippen molar-refractivity contribution in [1.82, 2.24) is 15.0 Å². The molecule has 15 heavy (non-hydrogen) atoms. The lowest BCUT2D eigenvalue weighted by Gasteiger charge is -1.97. The van der Waals surface area contributed by atoms with Gasteiger partial charge in [0.15, 0.2) is 0 Å². The summed E-state index contributed by atoms with van der Waals surface area (Å²) in [7, 11) is 0. The van der Waals surface area contributed by atoms with Gasteiger partial charge in [-0.15, -0.1) is 16.4 Å². The molecule has 0 saturated heterocycles. The van der Waals surface area contributed by atoms with Crippen LogP contribution in [0.15, 0.2) is 22.1 Å². The number of rotatable bonds is 4. The minimum absolute atomic E-state index is 0.785. The maximum Gasteiger partial charge on any atom is 0.0835 e. The van der Waals surface area contributed by atoms with Crippen LogP contribution in [0.2, 0.25) is 0 Å². The quantitative estimate of drug-likeness (QED) is 0.793. The van der Waals surface area contributed by atoms with Crippen molar-refractivity contribution < 1.29 is 0 Å². The van der Waals surface area contributed by atoms with E-state index in [0.717, 1.165) is 28.5 Å². The standard InChI is InChI=1S/C9H9Br2N3S/c10-3-1-7-5-14(13-12-7)6-9-8(11)2-4-15-9/h2,4-5H,1,3,6H2. The fourth-order valence-electron chi connectivity index (χ4n) is 1.21. The molecule has 0 bridgehead atoms. The molecule has 0 spiro atoms. The van der Waals surface area contributed by atoms with Crippen LogP contribution in [0, 0.1) is 0 Å². The fourth-order valence-corrected chi connectivity index (χ4v) is 3.09. The zero-order chi connectivity index (χ0) is 10.7. The van der Waals surface area contributed by atoms with Crippen LogP contribution in [0.5, 0.6) is 0 Å². The summed E-state index contributed by atoms with van der Waals surface area (Å²) < 4.78 is 3.01. The van der Waals surface area contributed by atoms with Gasteiger partial charge in [0, 0.05) is 27.3 Å². The molecule has 2 rings (SSSR count). The van der Waals surface area contributed by atoms with E-state index in [1.807, 2.05) is 10.9 Å². The number of nitrogens with zero attached hydrogens (tertiary/aromatic N) is 3. The summed E-state index contributed by atoms with van der Waals surface area (Å²) in [5, 5.41) is 11.2. The molecule has 0 N–H and O–H groups in total. The van der Waals surface area contributed by atoms with Crippen molar-refractivity contribution in [1.29, 1.82) is 0 Å². The summed E-state index contributed by atoms with van der Waals surface area (Å²) in [6.45, 7) is 0.785. The molecule has 0 unspecified atom stereocenters. The highest BCUT2D eigenvalue weighted by Gasteiger charge is 2.04. The topological polar surface area (TPSA) is 30.7 Å². The Morgan fingerprint density at radius 3 is 3.00 bits per heavy atom. The molecule has 0 aliphatic rings. The van der Waals surface area contributed by atoms with Gasteiger partial charge < -0.3 is 0 Å². The van der Waals surface area contributed by atoms with E-state index in [1.165, 1.54) is 4.88 Å². The normalized spacial score (nSPS) is 10.8. The maximum absolute atomic E-state index is 4.09. The van der Waals surface area contributed by atoms with Gasteiger partial charge in [0.05, 0.1) is 12.2 Å². The van der Waals surface area contributed by atoms with Gasteiger partial charge in [0.1, 0.15) is 0 Å². The third-order valence-electron chi connectivity index (χ3n) is 1.93. The summed E-state index contributed by atoms with van der Waals surface area (Å²) in [6, 6.07) is 2.05. The highest BCUT2D eigenvalue weighted by atomic mass is 79.9. The second kappa shape index (κ2) is 5.23. The van der Waals surface area contributed by atoms with E-state index in [-0.39, 0.29) is 0 Å². The molecule has 3 nitrogen and oxygen atoms in total. The van der Waals surface area contributed by atoms with Crippen LogP contribution in [-0.2, 0) is 13.0 Å². The van der Waals surface area contributed by atoms with Crippen LogP contribution in [0.4, 0.5) is 0 Å². The van der Waals surface area contributed by atoms with E-state index < -0.39 is 0 Å². The molecule has 2 heterocycles. The maximum atomic E-state index is 4.09. The number of halogens is 2. The second-order valence-electron chi connectivity index (χ2n) is 3.04. The third kappa shape index (κ3) is 2.89. The molecule has 2 aromatic heterocycles. The lowest BCUT2D eigenvalue weighted by molar-refractivity contribution is 0.654. The van der Waals surface area contributed by atoms with Crippen molar-refractivity contribution in [3.63, 3.8) is 0 Å². The van der Waals surface area contributed by atoms with Crippen LogP contribution in [-0.4, -0.2) is 20.3 Å². The summed E-state index contributed by atoms with van der Waals surface area (Å²) in [6.07, 6.45) is 2.92. The van der Waals surface area contributed by atoms with E-state index in [2.05, 4.69) is 53.6 Å². The number of hydrogen-bond acceptors (Lipinski definition) is 3. The summed E-state index contributed by atoms with van der Waals surface area (Å²) in [5.41, 5.74) is 1.03. The van der Waals surface area contributed by atoms with Crippen molar-refractivity contribution >= 4 is 43.2 Å². The van der Waals surface area contributed by atoms with Crippen molar-refractivity contribution in [2.75, 3.05) is 5.33 Å². The minimum atomic E-state index is 0.785. The Kier molecular flexibility index (Phi) is 3.93. The molecular formula is C9H9Br2N3S. The zero-order valence-corrected chi connectivity index (χ0v) is 11.8. The highest BCUT2D eigenvalue weighted by molar-refractivity contribution is 9.10. The van der Waals surface area contributed by atoms with Crippen molar-refractivity contribution in [3.05, 3.63) is 32.7 Å². The molecule has 0 aliphatic heterocycles. The Hall–Kier alpha value is -0.200. The van der Waals surface area contributed by atoms with Crippen molar-refractivity contribution in [2.24, 2.45) is 0 Å². The SMILES string of the molecule is BrCCc1cn(Cc2sccc2Br)nn1. The molecule has 80 valence electrons. The lowest BCUT2D eigenvalue weighted by Crippen LogP contribution is -1.98. The van der Waals surface area contributed by atoms with Gasteiger partial charge in [-0.1, -0.05) is 21.1 Å². The molecule has 0 radical (unpaired) electrons. The third-order valence-corrected chi connectivity index (χ3v) is 4.24. The Morgan fingerprint density at radius 2 is 2.33 bits per heavy atom. The molecule has 2 aromatic rings. The molecular weight excluding hydrogens is 342 g/mol. The largest absolute Gasteiger partial charge is 0.247 e. The first-order valence-electron chi connectivity index (χ1n) is 4.46. The van der Waals surface area contributed by atoms with E-state index in [4.69, 9.17) is 0 Å². The van der Waals surface area contributed by atoms with Gasteiger partial charge in [-0.2, -0.15) is 0 Å². The first-order valence-corrected chi connectivity index (χ1v) is 7.26. The Labute approximate surface area is 109 Å². The molecule has 0 saturated carbocycles. The molecule has 0 aromatic carbocycles. The molecule has 0 fully saturated rings. The van der Waals surface area contributed by atoms with E-state index in [9.17, 15) is 0 Å². The number of aromatic nitrogens is 3. The average Bonchev–Trinajstić information content (AvgIpc) is 2.79. The van der Waals surface area contributed by atoms with Gasteiger partial charge in [-0.3, -0.25) is 0 Å². The van der Waals surface area contributed by atoms with E-state index in [0.29, 0.717) is 0 Å². The van der Waals surface area contributed by atoms with Gasteiger partial charge in [0.2, 0.25) is 0 Å². The second-order valence-corrected chi connectivity index (χ2v) is 5.69. The van der Waals surface area contributed by atoms with Crippen LogP contribution in [0.3, 0.4) is 0 Å². The zero-order valence-electron chi connectivity index (χ0n) is 7.86. The van der Waals surface area contributed by atoms with Crippen LogP contribution in [0.25, 0.3) is 0 Å². The minimum Gasteiger partial charge on any atom is -0.247 e. The van der Waals surface area contributed by atoms with E-state index in [1.54, 1.807) is 11.3 Å². The smallest absolute Gasteiger partial charge is 0.0835 e. The van der Waals surface area contributed by atoms with E-state index >= 15 is 0 Å². The Bertz CT molecular complexity index is 438. The van der Waals surface area contributed by atoms with Crippen LogP contribution in [0.1, 0.15) is 10.6 Å². The Balaban J connectivity index is 2.08. The monoisotopic (exact) mass is 349 g/mol. The highest BCUT2D eigenvalue weighted by Crippen LogP contribution is 2.23. The van der Waals surface area contributed by atoms with Gasteiger partial charge in [0.25, 0.3) is 0 Å². The predicted molar refractivity (Wildman–Crippen MR) is 68.6 cm³/mol. The summed E-state index contributed by atoms with van der Waals surface area (Å²) in [5.74, 6) is 0. The van der Waals surface area contributed by atoms with Gasteiger partial charge in [-0.05, 0) is 27.4 Å². The summed E-state index contributed by atoms with van der Waals surface area (Å²) >= 11 is 8.61. The molecule has 0 aliphatic carbocycles. The number of hydrogen-bond donors (Lipinski definition) is 0. The van der Waals surface area contributed by atoms with Crippen molar-refractivity contribution in [2.45, 2.75) is 13.0 Å². The number of thiophene rings is 1. The fraction of sp³-hybridized carbons (Fsp3) is 0.333. The van der Waals surface area contributed by atoms with Crippen LogP contribution >= 0.6 is 43.2 Å². The average molecular weight is 351 g/mol. The first kappa shape index (κ1) is 11.3. The molecule has 0 atom stereocenters. The number of alkyl halides is 1. The molecule has 6 heteroatoms. The predicted octanol–water partition coefficient (Wildman–Crippen LogP) is 3.09. The Morgan fingerprint density at radius 1 is 1.47 bits per heavy atom. The number of aryl methyl sites for hydroxylation is 1. The van der Waals surface area contributed by atoms with Gasteiger partial charge >= 0.3 is 0 Å². The summed E-state index contributed by atoms with van der Waals surface area (Å²) in [4.78, 5) is 1.27. The van der Waals surface area contributed by atoms with Crippen molar-refractivity contribution in [3.8, 4) is 0 Å².